The molecule has 10 aromatic carbocycles. The maximum absolute atomic E-state index is 5.38. The van der Waals surface area contributed by atoms with Crippen molar-refractivity contribution >= 4 is 54.1 Å². The lowest BCUT2D eigenvalue weighted by atomic mass is 9.90. The van der Waals surface area contributed by atoms with Gasteiger partial charge in [0.25, 0.3) is 0 Å². The van der Waals surface area contributed by atoms with Crippen molar-refractivity contribution in [1.29, 1.82) is 0 Å². The van der Waals surface area contributed by atoms with Gasteiger partial charge in [0.1, 0.15) is 0 Å². The number of nitrogens with zero attached hydrogens (tertiary/aromatic N) is 4. The smallest absolute Gasteiger partial charge is 0.165 e. The molecule has 284 valence electrons. The Morgan fingerprint density at radius 1 is 0.295 bits per heavy atom. The van der Waals surface area contributed by atoms with Crippen LogP contribution in [-0.4, -0.2) is 19.5 Å². The summed E-state index contributed by atoms with van der Waals surface area (Å²) in [6.45, 7) is 0. The molecule has 0 radical (unpaired) electrons. The van der Waals surface area contributed by atoms with Gasteiger partial charge < -0.3 is 4.57 Å². The third kappa shape index (κ3) is 5.88. The molecule has 0 aliphatic heterocycles. The van der Waals surface area contributed by atoms with Crippen LogP contribution in [0.25, 0.3) is 116 Å². The van der Waals surface area contributed by atoms with Crippen LogP contribution in [0.1, 0.15) is 0 Å². The molecule has 0 fully saturated rings. The lowest BCUT2D eigenvalue weighted by Gasteiger charge is -2.20. The normalized spacial score (nSPS) is 11.6. The van der Waals surface area contributed by atoms with Gasteiger partial charge in [-0.05, 0) is 68.1 Å². The van der Waals surface area contributed by atoms with Crippen molar-refractivity contribution in [3.63, 3.8) is 0 Å². The molecule has 2 aromatic heterocycles. The third-order valence-electron chi connectivity index (χ3n) is 12.0. The van der Waals surface area contributed by atoms with Gasteiger partial charge in [0, 0.05) is 38.2 Å². The summed E-state index contributed by atoms with van der Waals surface area (Å²) in [5.74, 6) is 1.87. The van der Waals surface area contributed by atoms with Crippen LogP contribution in [0.3, 0.4) is 0 Å². The highest BCUT2D eigenvalue weighted by atomic mass is 15.0. The molecular formula is C57H36N4. The van der Waals surface area contributed by atoms with Gasteiger partial charge in [-0.15, -0.1) is 0 Å². The van der Waals surface area contributed by atoms with Gasteiger partial charge in [0.2, 0.25) is 0 Å². The van der Waals surface area contributed by atoms with Crippen LogP contribution in [0.15, 0.2) is 218 Å². The van der Waals surface area contributed by atoms with Gasteiger partial charge in [-0.1, -0.05) is 194 Å². The van der Waals surface area contributed by atoms with E-state index in [1.165, 1.54) is 37.8 Å². The van der Waals surface area contributed by atoms with Gasteiger partial charge in [-0.3, -0.25) is 0 Å². The van der Waals surface area contributed by atoms with Crippen molar-refractivity contribution in [2.45, 2.75) is 0 Å². The molecular weight excluding hydrogens is 741 g/mol. The molecule has 0 saturated carbocycles. The minimum atomic E-state index is 0.618. The highest BCUT2D eigenvalue weighted by molar-refractivity contribution is 6.22. The first-order chi connectivity index (χ1) is 30.2. The zero-order chi connectivity index (χ0) is 40.3. The van der Waals surface area contributed by atoms with Gasteiger partial charge in [-0.25, -0.2) is 15.0 Å². The number of benzene rings is 10. The largest absolute Gasteiger partial charge is 0.308 e. The summed E-state index contributed by atoms with van der Waals surface area (Å²) in [6, 6.07) is 77.7. The van der Waals surface area contributed by atoms with Crippen LogP contribution in [0.4, 0.5) is 0 Å². The van der Waals surface area contributed by atoms with E-state index in [4.69, 9.17) is 15.0 Å². The van der Waals surface area contributed by atoms with Crippen molar-refractivity contribution in [3.05, 3.63) is 218 Å². The van der Waals surface area contributed by atoms with E-state index in [1.54, 1.807) is 0 Å². The highest BCUT2D eigenvalue weighted by Gasteiger charge is 2.24. The van der Waals surface area contributed by atoms with E-state index < -0.39 is 0 Å². The van der Waals surface area contributed by atoms with Crippen LogP contribution in [0.2, 0.25) is 0 Å². The van der Waals surface area contributed by atoms with E-state index in [9.17, 15) is 0 Å². The second kappa shape index (κ2) is 14.3. The van der Waals surface area contributed by atoms with E-state index in [0.717, 1.165) is 60.9 Å². The Balaban J connectivity index is 1.27. The molecule has 4 nitrogen and oxygen atoms in total. The standard InChI is InChI=1S/C57H36N4/c1-5-17-37(18-6-1)44-30-31-46-50(34-44)53(57-59-55(40-22-9-3-10-23-40)58-56(60-57)41-24-11-4-12-25-41)48(38-19-7-2-8-20-38)36-52(46)61-51-35-43-27-14-13-26-42(43)33-49(51)47-32-29-39-21-15-16-28-45(39)54(47)61/h1-36H. The van der Waals surface area contributed by atoms with Gasteiger partial charge in [-0.2, -0.15) is 0 Å². The number of aromatic nitrogens is 4. The van der Waals surface area contributed by atoms with E-state index >= 15 is 0 Å². The zero-order valence-electron chi connectivity index (χ0n) is 33.1. The maximum atomic E-state index is 5.38. The minimum Gasteiger partial charge on any atom is -0.308 e. The average Bonchev–Trinajstić information content (AvgIpc) is 3.66. The Morgan fingerprint density at radius 3 is 1.48 bits per heavy atom. The fraction of sp³-hybridized carbons (Fsp3) is 0. The number of hydrogen-bond acceptors (Lipinski definition) is 3. The first-order valence-electron chi connectivity index (χ1n) is 20.7. The van der Waals surface area contributed by atoms with E-state index in [-0.39, 0.29) is 0 Å². The van der Waals surface area contributed by atoms with Crippen molar-refractivity contribution in [1.82, 2.24) is 19.5 Å². The first kappa shape index (κ1) is 34.8. The van der Waals surface area contributed by atoms with Crippen molar-refractivity contribution in [3.8, 4) is 62.1 Å². The molecule has 0 amide bonds. The zero-order valence-corrected chi connectivity index (χ0v) is 33.1. The fourth-order valence-electron chi connectivity index (χ4n) is 9.12. The molecule has 0 N–H and O–H groups in total. The molecule has 0 atom stereocenters. The van der Waals surface area contributed by atoms with Crippen molar-refractivity contribution in [2.75, 3.05) is 0 Å². The lowest BCUT2D eigenvalue weighted by molar-refractivity contribution is 1.08. The predicted octanol–water partition coefficient (Wildman–Crippen LogP) is 14.8. The Labute approximate surface area is 352 Å². The molecule has 61 heavy (non-hydrogen) atoms. The summed E-state index contributed by atoms with van der Waals surface area (Å²) < 4.78 is 2.51. The lowest BCUT2D eigenvalue weighted by Crippen LogP contribution is -2.04. The van der Waals surface area contributed by atoms with Crippen LogP contribution in [0.5, 0.6) is 0 Å². The summed E-state index contributed by atoms with van der Waals surface area (Å²) in [4.78, 5) is 15.9. The molecule has 0 saturated heterocycles. The highest BCUT2D eigenvalue weighted by Crippen LogP contribution is 2.46. The van der Waals surface area contributed by atoms with Gasteiger partial charge in [0.15, 0.2) is 17.5 Å². The van der Waals surface area contributed by atoms with Crippen LogP contribution < -0.4 is 0 Å². The van der Waals surface area contributed by atoms with E-state index in [1.807, 2.05) is 36.4 Å². The molecule has 12 aromatic rings. The summed E-state index contributed by atoms with van der Waals surface area (Å²) in [5, 5.41) is 9.41. The Hall–Kier alpha value is -8.21. The molecule has 0 unspecified atom stereocenters. The summed E-state index contributed by atoms with van der Waals surface area (Å²) >= 11 is 0. The van der Waals surface area contributed by atoms with Crippen LogP contribution >= 0.6 is 0 Å². The summed E-state index contributed by atoms with van der Waals surface area (Å²) in [5.41, 5.74) is 10.6. The SMILES string of the molecule is c1ccc(-c2ccc3c(-n4c5cc6ccccc6cc5c5ccc6ccccc6c54)cc(-c4ccccc4)c(-c4nc(-c5ccccc5)nc(-c5ccccc5)n4)c3c2)cc1. The van der Waals surface area contributed by atoms with Crippen LogP contribution in [0, 0.1) is 0 Å². The van der Waals surface area contributed by atoms with Crippen LogP contribution in [-0.2, 0) is 0 Å². The summed E-state index contributed by atoms with van der Waals surface area (Å²) in [7, 11) is 0. The Bertz CT molecular complexity index is 3560. The Kier molecular flexibility index (Phi) is 8.13. The second-order valence-electron chi connectivity index (χ2n) is 15.6. The topological polar surface area (TPSA) is 43.6 Å². The monoisotopic (exact) mass is 776 g/mol. The average molecular weight is 777 g/mol. The van der Waals surface area contributed by atoms with Crippen molar-refractivity contribution in [2.24, 2.45) is 0 Å². The van der Waals surface area contributed by atoms with Crippen molar-refractivity contribution < 1.29 is 0 Å². The van der Waals surface area contributed by atoms with E-state index in [2.05, 4.69) is 187 Å². The quantitative estimate of drug-likeness (QED) is 0.169. The van der Waals surface area contributed by atoms with Gasteiger partial charge >= 0.3 is 0 Å². The fourth-order valence-corrected chi connectivity index (χ4v) is 9.12. The number of rotatable bonds is 6. The maximum Gasteiger partial charge on any atom is 0.165 e. The Morgan fingerprint density at radius 2 is 0.820 bits per heavy atom. The number of hydrogen-bond donors (Lipinski definition) is 0. The molecule has 4 heteroatoms. The number of fused-ring (bicyclic) bond motifs is 7. The molecule has 0 bridgehead atoms. The van der Waals surface area contributed by atoms with Gasteiger partial charge in [0.05, 0.1) is 16.7 Å². The molecule has 0 spiro atoms. The predicted molar refractivity (Wildman–Crippen MR) is 254 cm³/mol. The molecule has 2 heterocycles. The third-order valence-corrected chi connectivity index (χ3v) is 12.0. The summed E-state index contributed by atoms with van der Waals surface area (Å²) in [6.07, 6.45) is 0. The van der Waals surface area contributed by atoms with E-state index in [0.29, 0.717) is 17.5 Å². The molecule has 0 aliphatic rings. The minimum absolute atomic E-state index is 0.618. The molecule has 0 aliphatic carbocycles. The second-order valence-corrected chi connectivity index (χ2v) is 15.6. The molecule has 12 rings (SSSR count). The first-order valence-corrected chi connectivity index (χ1v) is 20.7.